The summed E-state index contributed by atoms with van der Waals surface area (Å²) in [6.07, 6.45) is -6.62. The van der Waals surface area contributed by atoms with Crippen LogP contribution >= 0.6 is 0 Å². The summed E-state index contributed by atoms with van der Waals surface area (Å²) in [5.41, 5.74) is 1.22. The van der Waals surface area contributed by atoms with Gasteiger partial charge in [0.2, 0.25) is 5.91 Å². The van der Waals surface area contributed by atoms with Crippen LogP contribution in [0.2, 0.25) is 0 Å². The monoisotopic (exact) mass is 941 g/mol. The molecule has 1 fully saturated rings. The number of pyridine rings is 1. The molecule has 1 saturated heterocycles. The summed E-state index contributed by atoms with van der Waals surface area (Å²) in [6.45, 7) is 6.59. The molecule has 4 N–H and O–H groups in total. The highest BCUT2D eigenvalue weighted by atomic mass is 19.4. The van der Waals surface area contributed by atoms with Crippen molar-refractivity contribution in [2.24, 2.45) is 0 Å². The summed E-state index contributed by atoms with van der Waals surface area (Å²) >= 11 is 0. The maximum atomic E-state index is 14.6. The molecule has 1 aliphatic heterocycles. The van der Waals surface area contributed by atoms with Gasteiger partial charge in [0.05, 0.1) is 12.0 Å². The lowest BCUT2D eigenvalue weighted by Gasteiger charge is -2.44. The van der Waals surface area contributed by atoms with E-state index in [1.54, 1.807) is 28.5 Å². The van der Waals surface area contributed by atoms with E-state index in [2.05, 4.69) is 14.7 Å². The Morgan fingerprint density at radius 1 is 0.866 bits per heavy atom. The van der Waals surface area contributed by atoms with E-state index >= 15 is 0 Å². The Bertz CT molecular complexity index is 2580. The highest BCUT2D eigenvalue weighted by Gasteiger charge is 2.40. The Morgan fingerprint density at radius 2 is 1.46 bits per heavy atom. The second-order valence-corrected chi connectivity index (χ2v) is 15.9. The summed E-state index contributed by atoms with van der Waals surface area (Å²) in [5, 5.41) is 32.7. The van der Waals surface area contributed by atoms with Crippen LogP contribution in [0.3, 0.4) is 0 Å². The normalized spacial score (nSPS) is 14.4. The molecular weight excluding hydrogens is 894 g/mol. The Balaban J connectivity index is 0.000000752. The summed E-state index contributed by atoms with van der Waals surface area (Å²) in [6, 6.07) is 19.0. The standard InChI is InChI=1S/C42H42F5N5O5.C4H6O6/c1-4-56-40(55)41(2,3)50-22-19-32(20-23-50)51(25-27-7-9-28(10-8-27)29-12-16-33(17-13-29)57-42(45,46)47)37(53)26-52-36(18-14-30-11-15-31(43)24-35(30)44)49-39(54)34-6-5-21-48-38(34)52;5-1(3(7)8)2(6)4(9)10/h5-13,15-17,21,24,32H,4,14,18-20,22-23,25-26H2,1-3H3;1-2,5-6H,(H,7,8)(H,9,10). The second kappa shape index (κ2) is 22.1. The highest BCUT2D eigenvalue weighted by molar-refractivity contribution is 5.83. The van der Waals surface area contributed by atoms with Crippen LogP contribution in [0.15, 0.2) is 89.9 Å². The van der Waals surface area contributed by atoms with Crippen molar-refractivity contribution in [1.29, 1.82) is 0 Å². The van der Waals surface area contributed by atoms with Crippen LogP contribution in [0, 0.1) is 11.6 Å². The molecule has 5 aromatic rings. The third-order valence-electron chi connectivity index (χ3n) is 11.1. The van der Waals surface area contributed by atoms with Crippen LogP contribution in [0.25, 0.3) is 22.2 Å². The molecule has 0 spiro atoms. The molecule has 0 aliphatic carbocycles. The summed E-state index contributed by atoms with van der Waals surface area (Å²) < 4.78 is 77.1. The first-order valence-corrected chi connectivity index (χ1v) is 20.9. The van der Waals surface area contributed by atoms with E-state index < -0.39 is 53.2 Å². The van der Waals surface area contributed by atoms with Crippen molar-refractivity contribution in [2.45, 2.75) is 89.7 Å². The van der Waals surface area contributed by atoms with E-state index in [9.17, 15) is 45.9 Å². The van der Waals surface area contributed by atoms with Gasteiger partial charge in [0.1, 0.15) is 40.9 Å². The zero-order valence-electron chi connectivity index (χ0n) is 36.5. The number of alkyl halides is 3. The quantitative estimate of drug-likeness (QED) is 0.0744. The zero-order chi connectivity index (χ0) is 49.2. The van der Waals surface area contributed by atoms with Gasteiger partial charge in [-0.05, 0) is 92.6 Å². The number of esters is 1. The molecule has 2 unspecified atom stereocenters. The third-order valence-corrected chi connectivity index (χ3v) is 11.1. The largest absolute Gasteiger partial charge is 0.573 e. The van der Waals surface area contributed by atoms with Gasteiger partial charge < -0.3 is 39.4 Å². The molecule has 6 rings (SSSR count). The van der Waals surface area contributed by atoms with Crippen molar-refractivity contribution in [3.8, 4) is 16.9 Å². The van der Waals surface area contributed by atoms with Crippen molar-refractivity contribution in [3.63, 3.8) is 0 Å². The fourth-order valence-electron chi connectivity index (χ4n) is 7.41. The minimum atomic E-state index is -4.80. The number of rotatable bonds is 16. The molecule has 67 heavy (non-hydrogen) atoms. The van der Waals surface area contributed by atoms with E-state index in [1.807, 2.05) is 43.0 Å². The number of carboxylic acid groups (broad SMARTS) is 2. The SMILES string of the molecule is CCOC(=O)C(C)(C)N1CCC(N(Cc2ccc(-c3ccc(OC(F)(F)F)cc3)cc2)C(=O)Cn2c(CCc3ccc(F)cc3F)nc(=O)c3cccnc32)CC1.O=C(O)C(O)C(O)C(=O)O. The number of hydrogen-bond acceptors (Lipinski definition) is 12. The number of fused-ring (bicyclic) bond motifs is 1. The Labute approximate surface area is 379 Å². The second-order valence-electron chi connectivity index (χ2n) is 15.9. The van der Waals surface area contributed by atoms with Crippen LogP contribution in [-0.2, 0) is 49.8 Å². The Hall–Kier alpha value is -6.84. The van der Waals surface area contributed by atoms with Gasteiger partial charge in [-0.2, -0.15) is 4.98 Å². The number of amides is 1. The molecule has 0 radical (unpaired) electrons. The Kier molecular flexibility index (Phi) is 16.9. The third kappa shape index (κ3) is 13.4. The number of aliphatic hydroxyl groups excluding tert-OH is 2. The van der Waals surface area contributed by atoms with E-state index in [-0.39, 0.29) is 78.6 Å². The van der Waals surface area contributed by atoms with E-state index in [0.29, 0.717) is 31.5 Å². The molecule has 358 valence electrons. The average Bonchev–Trinajstić information content (AvgIpc) is 3.28. The number of aliphatic hydroxyl groups is 2. The number of ether oxygens (including phenoxy) is 2. The Morgan fingerprint density at radius 3 is 2.01 bits per heavy atom. The molecule has 3 aromatic carbocycles. The maximum Gasteiger partial charge on any atom is 0.573 e. The van der Waals surface area contributed by atoms with E-state index in [1.165, 1.54) is 36.5 Å². The molecule has 2 atom stereocenters. The predicted molar refractivity (Wildman–Crippen MR) is 229 cm³/mol. The molecule has 3 heterocycles. The van der Waals surface area contributed by atoms with Gasteiger partial charge in [0.25, 0.3) is 5.56 Å². The van der Waals surface area contributed by atoms with Gasteiger partial charge in [-0.3, -0.25) is 19.3 Å². The molecule has 16 nitrogen and oxygen atoms in total. The number of hydrogen-bond donors (Lipinski definition) is 4. The fourth-order valence-corrected chi connectivity index (χ4v) is 7.41. The van der Waals surface area contributed by atoms with Crippen molar-refractivity contribution in [2.75, 3.05) is 19.7 Å². The van der Waals surface area contributed by atoms with E-state index in [0.717, 1.165) is 23.3 Å². The molecule has 0 bridgehead atoms. The highest BCUT2D eigenvalue weighted by Crippen LogP contribution is 2.29. The topological polar surface area (TPSA) is 222 Å². The summed E-state index contributed by atoms with van der Waals surface area (Å²) in [7, 11) is 0. The van der Waals surface area contributed by atoms with Gasteiger partial charge in [0.15, 0.2) is 12.2 Å². The number of carboxylic acids is 2. The van der Waals surface area contributed by atoms with Crippen LogP contribution in [0.5, 0.6) is 5.75 Å². The fraction of sp³-hybridized carbons (Fsp3) is 0.370. The van der Waals surface area contributed by atoms with Crippen molar-refractivity contribution in [3.05, 3.63) is 124 Å². The number of aliphatic carboxylic acids is 2. The van der Waals surface area contributed by atoms with Gasteiger partial charge in [-0.15, -0.1) is 13.2 Å². The minimum absolute atomic E-state index is 0.0592. The number of halogens is 5. The number of likely N-dealkylation sites (tertiary alicyclic amines) is 1. The molecule has 0 saturated carbocycles. The molecule has 2 aromatic heterocycles. The van der Waals surface area contributed by atoms with Crippen molar-refractivity contribution < 1.29 is 71.0 Å². The van der Waals surface area contributed by atoms with Crippen LogP contribution in [0.4, 0.5) is 22.0 Å². The number of nitrogens with zero attached hydrogens (tertiary/aromatic N) is 5. The average molecular weight is 942 g/mol. The van der Waals surface area contributed by atoms with Crippen LogP contribution in [0.1, 0.15) is 50.6 Å². The maximum absolute atomic E-state index is 14.6. The first-order chi connectivity index (χ1) is 31.6. The van der Waals surface area contributed by atoms with Gasteiger partial charge in [-0.25, -0.2) is 23.4 Å². The molecule has 21 heteroatoms. The first kappa shape index (κ1) is 51.1. The van der Waals surface area contributed by atoms with Crippen molar-refractivity contribution in [1.82, 2.24) is 24.3 Å². The predicted octanol–water partition coefficient (Wildman–Crippen LogP) is 5.13. The lowest BCUT2D eigenvalue weighted by atomic mass is 9.95. The smallest absolute Gasteiger partial charge is 0.479 e. The van der Waals surface area contributed by atoms with Crippen molar-refractivity contribution >= 4 is 34.8 Å². The summed E-state index contributed by atoms with van der Waals surface area (Å²) in [5.74, 6) is -5.74. The van der Waals surface area contributed by atoms with Gasteiger partial charge in [0, 0.05) is 44.4 Å². The molecule has 1 aliphatic rings. The molecule has 1 amide bonds. The number of aromatic nitrogens is 3. The zero-order valence-corrected chi connectivity index (χ0v) is 36.5. The number of aryl methyl sites for hydroxylation is 2. The number of piperidine rings is 1. The lowest BCUT2D eigenvalue weighted by Crippen LogP contribution is -2.56. The first-order valence-electron chi connectivity index (χ1n) is 20.9. The number of benzene rings is 3. The van der Waals surface area contributed by atoms with E-state index in [4.69, 9.17) is 25.2 Å². The minimum Gasteiger partial charge on any atom is -0.479 e. The number of carbonyl (C=O) groups excluding carboxylic acids is 2. The lowest BCUT2D eigenvalue weighted by molar-refractivity contribution is -0.274. The van der Waals surface area contributed by atoms with Crippen LogP contribution < -0.4 is 10.3 Å². The number of carbonyl (C=O) groups is 4. The summed E-state index contributed by atoms with van der Waals surface area (Å²) in [4.78, 5) is 72.7. The van der Waals surface area contributed by atoms with Crippen LogP contribution in [-0.4, -0.2) is 118 Å². The molecular formula is C46H48F5N5O11. The van der Waals surface area contributed by atoms with Gasteiger partial charge in [-0.1, -0.05) is 42.5 Å². The van der Waals surface area contributed by atoms with Gasteiger partial charge >= 0.3 is 24.3 Å².